The van der Waals surface area contributed by atoms with E-state index in [9.17, 15) is 9.59 Å². The van der Waals surface area contributed by atoms with Crippen LogP contribution in [0.1, 0.15) is 44.9 Å². The minimum Gasteiger partial charge on any atom is -0.381 e. The maximum atomic E-state index is 12.3. The predicted octanol–water partition coefficient (Wildman–Crippen LogP) is 2.89. The van der Waals surface area contributed by atoms with Gasteiger partial charge in [-0.2, -0.15) is 0 Å². The molecular formula is C20H28N2O3S. The third-order valence-electron chi connectivity index (χ3n) is 5.20. The number of benzene rings is 1. The van der Waals surface area contributed by atoms with Crippen LogP contribution in [0.25, 0.3) is 0 Å². The lowest BCUT2D eigenvalue weighted by Crippen LogP contribution is -2.50. The van der Waals surface area contributed by atoms with Crippen LogP contribution in [0.2, 0.25) is 0 Å². The van der Waals surface area contributed by atoms with Gasteiger partial charge in [-0.3, -0.25) is 9.59 Å². The summed E-state index contributed by atoms with van der Waals surface area (Å²) in [7, 11) is 0. The molecule has 26 heavy (non-hydrogen) atoms. The van der Waals surface area contributed by atoms with Gasteiger partial charge < -0.3 is 15.4 Å². The second-order valence-electron chi connectivity index (χ2n) is 7.20. The summed E-state index contributed by atoms with van der Waals surface area (Å²) >= 11 is 1.77. The molecule has 1 saturated carbocycles. The van der Waals surface area contributed by atoms with E-state index in [1.54, 1.807) is 11.8 Å². The summed E-state index contributed by atoms with van der Waals surface area (Å²) in [6, 6.07) is 10.4. The smallest absolute Gasteiger partial charge is 0.309 e. The molecule has 2 amide bonds. The Balaban J connectivity index is 1.55. The lowest BCUT2D eigenvalue weighted by atomic mass is 9.95. The summed E-state index contributed by atoms with van der Waals surface area (Å²) in [5, 5.41) is 5.76. The number of amides is 2. The molecule has 0 radical (unpaired) electrons. The van der Waals surface area contributed by atoms with E-state index in [4.69, 9.17) is 4.74 Å². The van der Waals surface area contributed by atoms with Gasteiger partial charge in [0.1, 0.15) is 0 Å². The molecule has 6 heteroatoms. The third kappa shape index (κ3) is 5.48. The van der Waals surface area contributed by atoms with Crippen LogP contribution in [0.4, 0.5) is 0 Å². The first-order chi connectivity index (χ1) is 12.7. The van der Waals surface area contributed by atoms with Crippen molar-refractivity contribution in [2.45, 2.75) is 60.6 Å². The average molecular weight is 377 g/mol. The first kappa shape index (κ1) is 19.2. The van der Waals surface area contributed by atoms with Gasteiger partial charge in [-0.1, -0.05) is 37.5 Å². The number of thioether (sulfide) groups is 1. The topological polar surface area (TPSA) is 67.4 Å². The Bertz CT molecular complexity index is 596. The summed E-state index contributed by atoms with van der Waals surface area (Å²) < 4.78 is 5.39. The minimum atomic E-state index is -0.518. The van der Waals surface area contributed by atoms with Crippen molar-refractivity contribution in [3.05, 3.63) is 30.3 Å². The van der Waals surface area contributed by atoms with Gasteiger partial charge in [0.15, 0.2) is 0 Å². The Morgan fingerprint density at radius 3 is 2.42 bits per heavy atom. The van der Waals surface area contributed by atoms with Gasteiger partial charge in [0, 0.05) is 35.4 Å². The average Bonchev–Trinajstić information content (AvgIpc) is 2.68. The Hall–Kier alpha value is -1.53. The number of carbonyl (C=O) groups is 2. The van der Waals surface area contributed by atoms with Crippen molar-refractivity contribution < 1.29 is 14.3 Å². The number of nitrogens with one attached hydrogen (secondary N) is 2. The fourth-order valence-corrected chi connectivity index (χ4v) is 4.92. The Morgan fingerprint density at radius 1 is 1.04 bits per heavy atom. The summed E-state index contributed by atoms with van der Waals surface area (Å²) in [6.45, 7) is 1.85. The van der Waals surface area contributed by atoms with E-state index in [0.717, 1.165) is 38.5 Å². The molecule has 1 aliphatic heterocycles. The van der Waals surface area contributed by atoms with Crippen LogP contribution in [0.5, 0.6) is 0 Å². The zero-order valence-corrected chi connectivity index (χ0v) is 16.0. The van der Waals surface area contributed by atoms with Crippen molar-refractivity contribution in [2.24, 2.45) is 0 Å². The highest BCUT2D eigenvalue weighted by Gasteiger charge is 2.35. The SMILES string of the molecule is O=C(NCC1(Sc2ccccc2)CCOCC1)C(=O)NC1CCCCC1. The van der Waals surface area contributed by atoms with Gasteiger partial charge >= 0.3 is 11.8 Å². The second-order valence-corrected chi connectivity index (χ2v) is 8.74. The number of carbonyl (C=O) groups excluding carboxylic acids is 2. The molecule has 0 atom stereocenters. The normalized spacial score (nSPS) is 20.3. The Morgan fingerprint density at radius 2 is 1.73 bits per heavy atom. The van der Waals surface area contributed by atoms with Gasteiger partial charge in [-0.15, -0.1) is 11.8 Å². The first-order valence-electron chi connectivity index (χ1n) is 9.57. The fourth-order valence-electron chi connectivity index (χ4n) is 3.62. The number of hydrogen-bond acceptors (Lipinski definition) is 4. The summed E-state index contributed by atoms with van der Waals surface area (Å²) in [4.78, 5) is 25.7. The molecule has 1 heterocycles. The lowest BCUT2D eigenvalue weighted by molar-refractivity contribution is -0.139. The lowest BCUT2D eigenvalue weighted by Gasteiger charge is -2.36. The zero-order valence-electron chi connectivity index (χ0n) is 15.2. The fraction of sp³-hybridized carbons (Fsp3) is 0.600. The van der Waals surface area contributed by atoms with Crippen molar-refractivity contribution in [3.63, 3.8) is 0 Å². The number of ether oxygens (including phenoxy) is 1. The molecule has 2 fully saturated rings. The molecular weight excluding hydrogens is 348 g/mol. The largest absolute Gasteiger partial charge is 0.381 e. The number of hydrogen-bond donors (Lipinski definition) is 2. The van der Waals surface area contributed by atoms with Crippen LogP contribution in [-0.2, 0) is 14.3 Å². The molecule has 142 valence electrons. The van der Waals surface area contributed by atoms with Gasteiger partial charge in [-0.25, -0.2) is 0 Å². The molecule has 0 unspecified atom stereocenters. The molecule has 1 aliphatic carbocycles. The Labute approximate surface area is 159 Å². The van der Waals surface area contributed by atoms with Crippen LogP contribution in [-0.4, -0.2) is 42.4 Å². The molecule has 1 saturated heterocycles. The van der Waals surface area contributed by atoms with Crippen LogP contribution in [0, 0.1) is 0 Å². The highest BCUT2D eigenvalue weighted by molar-refractivity contribution is 8.00. The molecule has 0 spiro atoms. The van der Waals surface area contributed by atoms with E-state index < -0.39 is 11.8 Å². The molecule has 1 aromatic carbocycles. The predicted molar refractivity (Wildman–Crippen MR) is 103 cm³/mol. The van der Waals surface area contributed by atoms with Crippen molar-refractivity contribution in [2.75, 3.05) is 19.8 Å². The third-order valence-corrected chi connectivity index (χ3v) is 6.69. The van der Waals surface area contributed by atoms with Crippen LogP contribution in [0.3, 0.4) is 0 Å². The van der Waals surface area contributed by atoms with E-state index in [1.807, 2.05) is 18.2 Å². The highest BCUT2D eigenvalue weighted by Crippen LogP contribution is 2.40. The van der Waals surface area contributed by atoms with E-state index in [-0.39, 0.29) is 10.8 Å². The number of rotatable bonds is 5. The van der Waals surface area contributed by atoms with Gasteiger partial charge in [0.05, 0.1) is 0 Å². The van der Waals surface area contributed by atoms with Crippen LogP contribution < -0.4 is 10.6 Å². The quantitative estimate of drug-likeness (QED) is 0.776. The molecule has 0 aromatic heterocycles. The van der Waals surface area contributed by atoms with Crippen molar-refractivity contribution in [1.29, 1.82) is 0 Å². The van der Waals surface area contributed by atoms with Crippen LogP contribution in [0.15, 0.2) is 35.2 Å². The van der Waals surface area contributed by atoms with Crippen molar-refractivity contribution in [1.82, 2.24) is 10.6 Å². The molecule has 0 bridgehead atoms. The van der Waals surface area contributed by atoms with Gasteiger partial charge in [-0.05, 0) is 37.8 Å². The second kappa shape index (κ2) is 9.42. The van der Waals surface area contributed by atoms with Crippen molar-refractivity contribution >= 4 is 23.6 Å². The maximum absolute atomic E-state index is 12.3. The highest BCUT2D eigenvalue weighted by atomic mass is 32.2. The van der Waals surface area contributed by atoms with E-state index in [2.05, 4.69) is 22.8 Å². The van der Waals surface area contributed by atoms with Gasteiger partial charge in [0.25, 0.3) is 0 Å². The Kier molecular flexibility index (Phi) is 6.97. The van der Waals surface area contributed by atoms with E-state index >= 15 is 0 Å². The molecule has 2 aliphatic rings. The molecule has 3 rings (SSSR count). The standard InChI is InChI=1S/C20H28N2O3S/c23-18(19(24)22-16-7-3-1-4-8-16)21-15-20(11-13-25-14-12-20)26-17-9-5-2-6-10-17/h2,5-6,9-10,16H,1,3-4,7-8,11-15H2,(H,21,23)(H,22,24). The van der Waals surface area contributed by atoms with Crippen LogP contribution >= 0.6 is 11.8 Å². The monoisotopic (exact) mass is 376 g/mol. The summed E-state index contributed by atoms with van der Waals surface area (Å²) in [6.07, 6.45) is 7.15. The minimum absolute atomic E-state index is 0.125. The molecule has 1 aromatic rings. The summed E-state index contributed by atoms with van der Waals surface area (Å²) in [5.41, 5.74) is 0. The first-order valence-corrected chi connectivity index (χ1v) is 10.4. The zero-order chi connectivity index (χ0) is 18.2. The van der Waals surface area contributed by atoms with E-state index in [0.29, 0.717) is 19.8 Å². The maximum Gasteiger partial charge on any atom is 0.309 e. The van der Waals surface area contributed by atoms with Gasteiger partial charge in [0.2, 0.25) is 0 Å². The molecule has 2 N–H and O–H groups in total. The van der Waals surface area contributed by atoms with E-state index in [1.165, 1.54) is 11.3 Å². The molecule has 5 nitrogen and oxygen atoms in total. The van der Waals surface area contributed by atoms with Crippen molar-refractivity contribution in [3.8, 4) is 0 Å². The summed E-state index contributed by atoms with van der Waals surface area (Å²) in [5.74, 6) is -1.01.